The maximum absolute atomic E-state index is 3.54. The lowest BCUT2D eigenvalue weighted by molar-refractivity contribution is 0.269. The Bertz CT molecular complexity index is 68.9. The Morgan fingerprint density at radius 1 is 1.00 bits per heavy atom. The second-order valence-corrected chi connectivity index (χ2v) is 3.08. The molecule has 2 atom stereocenters. The standard InChI is InChI=1S/C7H13N/c1-2-4-7-5-6(3-1)8-7/h6-8H,1-5H2/t6-,7?/m1/s1. The minimum atomic E-state index is 0.919. The lowest BCUT2D eigenvalue weighted by Crippen LogP contribution is -2.50. The highest BCUT2D eigenvalue weighted by atomic mass is 15.0. The van der Waals surface area contributed by atoms with Crippen LogP contribution in [-0.4, -0.2) is 12.1 Å². The van der Waals surface area contributed by atoms with Gasteiger partial charge in [-0.15, -0.1) is 0 Å². The zero-order chi connectivity index (χ0) is 5.40. The van der Waals surface area contributed by atoms with Gasteiger partial charge in [0.2, 0.25) is 0 Å². The average molecular weight is 111 g/mol. The van der Waals surface area contributed by atoms with Gasteiger partial charge in [0, 0.05) is 12.1 Å². The smallest absolute Gasteiger partial charge is 0.00844 e. The molecule has 0 spiro atoms. The first-order chi connectivity index (χ1) is 3.95. The van der Waals surface area contributed by atoms with E-state index in [0.29, 0.717) is 0 Å². The predicted octanol–water partition coefficient (Wildman–Crippen LogP) is 1.29. The molecule has 0 aromatic heterocycles. The van der Waals surface area contributed by atoms with Crippen molar-refractivity contribution in [2.24, 2.45) is 0 Å². The van der Waals surface area contributed by atoms with Gasteiger partial charge in [0.25, 0.3) is 0 Å². The molecule has 1 N–H and O–H groups in total. The van der Waals surface area contributed by atoms with E-state index in [2.05, 4.69) is 5.32 Å². The lowest BCUT2D eigenvalue weighted by atomic mass is 9.96. The topological polar surface area (TPSA) is 12.0 Å². The minimum Gasteiger partial charge on any atom is -0.311 e. The van der Waals surface area contributed by atoms with Crippen molar-refractivity contribution in [3.63, 3.8) is 0 Å². The molecule has 46 valence electrons. The quantitative estimate of drug-likeness (QED) is 0.496. The van der Waals surface area contributed by atoms with E-state index in [0.717, 1.165) is 12.1 Å². The van der Waals surface area contributed by atoms with Crippen molar-refractivity contribution in [2.45, 2.75) is 44.2 Å². The molecule has 3 rings (SSSR count). The third kappa shape index (κ3) is 0.655. The second kappa shape index (κ2) is 1.73. The summed E-state index contributed by atoms with van der Waals surface area (Å²) >= 11 is 0. The van der Waals surface area contributed by atoms with Crippen molar-refractivity contribution in [1.29, 1.82) is 0 Å². The molecule has 1 saturated carbocycles. The van der Waals surface area contributed by atoms with Gasteiger partial charge in [0.05, 0.1) is 0 Å². The molecule has 3 fully saturated rings. The summed E-state index contributed by atoms with van der Waals surface area (Å²) in [6.07, 6.45) is 7.29. The van der Waals surface area contributed by atoms with Crippen molar-refractivity contribution in [2.75, 3.05) is 0 Å². The van der Waals surface area contributed by atoms with Crippen LogP contribution in [0, 0.1) is 0 Å². The summed E-state index contributed by atoms with van der Waals surface area (Å²) in [7, 11) is 0. The maximum Gasteiger partial charge on any atom is 0.00844 e. The molecule has 2 aliphatic heterocycles. The summed E-state index contributed by atoms with van der Waals surface area (Å²) in [6.45, 7) is 0. The van der Waals surface area contributed by atoms with Crippen LogP contribution in [0.2, 0.25) is 0 Å². The molecule has 1 heteroatoms. The molecule has 1 unspecified atom stereocenters. The van der Waals surface area contributed by atoms with Gasteiger partial charge in [0.1, 0.15) is 0 Å². The van der Waals surface area contributed by atoms with Crippen LogP contribution >= 0.6 is 0 Å². The SMILES string of the molecule is C1CC[C@@H]2CC(C1)N2. The molecule has 2 bridgehead atoms. The summed E-state index contributed by atoms with van der Waals surface area (Å²) in [5, 5.41) is 3.54. The van der Waals surface area contributed by atoms with E-state index >= 15 is 0 Å². The first-order valence-electron chi connectivity index (χ1n) is 3.71. The van der Waals surface area contributed by atoms with E-state index in [9.17, 15) is 0 Å². The Balaban J connectivity index is 1.95. The molecular weight excluding hydrogens is 98.1 g/mol. The van der Waals surface area contributed by atoms with E-state index in [1.807, 2.05) is 0 Å². The fourth-order valence-corrected chi connectivity index (χ4v) is 1.84. The first kappa shape index (κ1) is 4.80. The molecule has 2 saturated heterocycles. The molecule has 8 heavy (non-hydrogen) atoms. The Morgan fingerprint density at radius 2 is 1.50 bits per heavy atom. The van der Waals surface area contributed by atoms with Crippen LogP contribution in [0.25, 0.3) is 0 Å². The zero-order valence-electron chi connectivity index (χ0n) is 5.19. The van der Waals surface area contributed by atoms with E-state index < -0.39 is 0 Å². The van der Waals surface area contributed by atoms with Crippen molar-refractivity contribution < 1.29 is 0 Å². The average Bonchev–Trinajstić information content (AvgIpc) is 1.89. The van der Waals surface area contributed by atoms with Gasteiger partial charge in [-0.3, -0.25) is 0 Å². The molecule has 0 amide bonds. The first-order valence-corrected chi connectivity index (χ1v) is 3.71. The van der Waals surface area contributed by atoms with E-state index in [1.54, 1.807) is 0 Å². The second-order valence-electron chi connectivity index (χ2n) is 3.08. The van der Waals surface area contributed by atoms with Crippen LogP contribution < -0.4 is 5.32 Å². The Labute approximate surface area is 50.5 Å². The van der Waals surface area contributed by atoms with E-state index in [4.69, 9.17) is 0 Å². The van der Waals surface area contributed by atoms with E-state index in [-0.39, 0.29) is 0 Å². The largest absolute Gasteiger partial charge is 0.311 e. The monoisotopic (exact) mass is 111 g/mol. The summed E-state index contributed by atoms with van der Waals surface area (Å²) < 4.78 is 0. The highest BCUT2D eigenvalue weighted by Crippen LogP contribution is 2.26. The van der Waals surface area contributed by atoms with Crippen molar-refractivity contribution in [3.05, 3.63) is 0 Å². The highest BCUT2D eigenvalue weighted by Gasteiger charge is 2.29. The molecule has 1 nitrogen and oxygen atoms in total. The van der Waals surface area contributed by atoms with Crippen LogP contribution in [0.3, 0.4) is 0 Å². The van der Waals surface area contributed by atoms with Crippen LogP contribution in [0.15, 0.2) is 0 Å². The molecule has 2 heterocycles. The van der Waals surface area contributed by atoms with Gasteiger partial charge in [-0.05, 0) is 19.3 Å². The summed E-state index contributed by atoms with van der Waals surface area (Å²) in [4.78, 5) is 0. The summed E-state index contributed by atoms with van der Waals surface area (Å²) in [5.41, 5.74) is 0. The number of hydrogen-bond donors (Lipinski definition) is 1. The van der Waals surface area contributed by atoms with Crippen molar-refractivity contribution in [1.82, 2.24) is 5.32 Å². The Kier molecular flexibility index (Phi) is 1.04. The van der Waals surface area contributed by atoms with Gasteiger partial charge in [-0.2, -0.15) is 0 Å². The molecule has 0 aromatic carbocycles. The van der Waals surface area contributed by atoms with Gasteiger partial charge < -0.3 is 5.32 Å². The van der Waals surface area contributed by atoms with Gasteiger partial charge in [-0.25, -0.2) is 0 Å². The third-order valence-corrected chi connectivity index (χ3v) is 2.40. The number of hydrogen-bond acceptors (Lipinski definition) is 1. The molecule has 0 aromatic rings. The molecule has 0 radical (unpaired) electrons. The molecule has 1 aliphatic carbocycles. The fourth-order valence-electron chi connectivity index (χ4n) is 1.84. The summed E-state index contributed by atoms with van der Waals surface area (Å²) in [6, 6.07) is 1.84. The third-order valence-electron chi connectivity index (χ3n) is 2.40. The fraction of sp³-hybridized carbons (Fsp3) is 1.00. The van der Waals surface area contributed by atoms with Crippen LogP contribution in [0.4, 0.5) is 0 Å². The van der Waals surface area contributed by atoms with Crippen LogP contribution in [0.5, 0.6) is 0 Å². The summed E-state index contributed by atoms with van der Waals surface area (Å²) in [5.74, 6) is 0. The van der Waals surface area contributed by atoms with Crippen LogP contribution in [0.1, 0.15) is 32.1 Å². The van der Waals surface area contributed by atoms with Crippen LogP contribution in [-0.2, 0) is 0 Å². The van der Waals surface area contributed by atoms with Crippen molar-refractivity contribution in [3.8, 4) is 0 Å². The number of fused-ring (bicyclic) bond motifs is 3. The van der Waals surface area contributed by atoms with Gasteiger partial charge in [-0.1, -0.05) is 12.8 Å². The normalized spacial score (nSPS) is 45.0. The Hall–Kier alpha value is -0.0400. The highest BCUT2D eigenvalue weighted by molar-refractivity contribution is 4.90. The molecular formula is C7H13N. The Morgan fingerprint density at radius 3 is 2.00 bits per heavy atom. The maximum atomic E-state index is 3.54. The molecule has 3 aliphatic rings. The number of rotatable bonds is 0. The minimum absolute atomic E-state index is 0.919. The van der Waals surface area contributed by atoms with Gasteiger partial charge in [0.15, 0.2) is 0 Å². The van der Waals surface area contributed by atoms with Crippen molar-refractivity contribution >= 4 is 0 Å². The zero-order valence-corrected chi connectivity index (χ0v) is 5.19. The predicted molar refractivity (Wildman–Crippen MR) is 33.8 cm³/mol. The van der Waals surface area contributed by atoms with Gasteiger partial charge >= 0.3 is 0 Å². The number of nitrogens with one attached hydrogen (secondary N) is 1. The lowest BCUT2D eigenvalue weighted by Gasteiger charge is -2.34. The van der Waals surface area contributed by atoms with E-state index in [1.165, 1.54) is 32.1 Å².